The molecule has 0 saturated heterocycles. The highest BCUT2D eigenvalue weighted by Gasteiger charge is 2.37. The molecule has 0 N–H and O–H groups in total. The fourth-order valence-corrected chi connectivity index (χ4v) is 4.22. The Morgan fingerprint density at radius 2 is 1.82 bits per heavy atom. The van der Waals surface area contributed by atoms with E-state index in [1.165, 1.54) is 0 Å². The summed E-state index contributed by atoms with van der Waals surface area (Å²) in [5, 5.41) is 0. The van der Waals surface area contributed by atoms with Gasteiger partial charge in [0.15, 0.2) is 0 Å². The van der Waals surface area contributed by atoms with Gasteiger partial charge in [-0.15, -0.1) is 0 Å². The molecule has 7 heteroatoms. The first-order valence-electron chi connectivity index (χ1n) is 11.0. The van der Waals surface area contributed by atoms with Gasteiger partial charge in [-0.05, 0) is 70.0 Å². The molecular weight excluding hydrogens is 420 g/mol. The van der Waals surface area contributed by atoms with Gasteiger partial charge in [0.05, 0.1) is 37.2 Å². The zero-order valence-electron chi connectivity index (χ0n) is 20.4. The van der Waals surface area contributed by atoms with Crippen LogP contribution in [0.2, 0.25) is 0 Å². The Hall–Kier alpha value is -3.32. The van der Waals surface area contributed by atoms with Crippen LogP contribution in [0, 0.1) is 20.8 Å². The van der Waals surface area contributed by atoms with E-state index in [1.54, 1.807) is 39.0 Å². The van der Waals surface area contributed by atoms with Crippen molar-refractivity contribution in [1.82, 2.24) is 9.47 Å². The van der Waals surface area contributed by atoms with Gasteiger partial charge in [-0.3, -0.25) is 4.79 Å². The second-order valence-corrected chi connectivity index (χ2v) is 8.03. The van der Waals surface area contributed by atoms with Gasteiger partial charge >= 0.3 is 5.97 Å². The minimum Gasteiger partial charge on any atom is -0.495 e. The number of benzene rings is 1. The Kier molecular flexibility index (Phi) is 7.43. The van der Waals surface area contributed by atoms with Crippen LogP contribution in [-0.4, -0.2) is 55.3 Å². The molecule has 0 spiro atoms. The first-order chi connectivity index (χ1) is 15.7. The van der Waals surface area contributed by atoms with Crippen LogP contribution in [0.15, 0.2) is 41.1 Å². The van der Waals surface area contributed by atoms with Gasteiger partial charge in [0.2, 0.25) is 0 Å². The molecule has 2 heterocycles. The summed E-state index contributed by atoms with van der Waals surface area (Å²) in [5.74, 6) is 0.0291. The summed E-state index contributed by atoms with van der Waals surface area (Å²) >= 11 is 0. The van der Waals surface area contributed by atoms with Gasteiger partial charge in [0, 0.05) is 30.7 Å². The Morgan fingerprint density at radius 1 is 1.09 bits per heavy atom. The van der Waals surface area contributed by atoms with E-state index in [0.717, 1.165) is 34.0 Å². The largest absolute Gasteiger partial charge is 0.495 e. The second kappa shape index (κ2) is 10.1. The highest BCUT2D eigenvalue weighted by atomic mass is 16.5. The van der Waals surface area contributed by atoms with Gasteiger partial charge in [0.25, 0.3) is 5.91 Å². The van der Waals surface area contributed by atoms with Crippen molar-refractivity contribution in [2.75, 3.05) is 34.0 Å². The number of carbonyl (C=O) groups excluding carboxylic acids is 2. The summed E-state index contributed by atoms with van der Waals surface area (Å²) in [6.07, 6.45) is 1.78. The standard InChI is InChI=1S/C26H32N2O5/c1-8-33-26(30)24-19(5)27(11-12-31-6)25(29)21(24)15-20-14-17(3)28(18(20)4)22-13-16(2)9-10-23(22)32-7/h9-10,13-15H,8,11-12H2,1-7H3/b21-15-. The highest BCUT2D eigenvalue weighted by molar-refractivity contribution is 6.16. The van der Waals surface area contributed by atoms with Gasteiger partial charge in [-0.25, -0.2) is 4.79 Å². The number of carbonyl (C=O) groups is 2. The number of amides is 1. The highest BCUT2D eigenvalue weighted by Crippen LogP contribution is 2.34. The third-order valence-corrected chi connectivity index (χ3v) is 5.86. The Morgan fingerprint density at radius 3 is 2.45 bits per heavy atom. The summed E-state index contributed by atoms with van der Waals surface area (Å²) in [5.41, 5.74) is 6.03. The average Bonchev–Trinajstić information content (AvgIpc) is 3.18. The van der Waals surface area contributed by atoms with Crippen molar-refractivity contribution in [1.29, 1.82) is 0 Å². The van der Waals surface area contributed by atoms with E-state index in [-0.39, 0.29) is 12.5 Å². The van der Waals surface area contributed by atoms with E-state index < -0.39 is 5.97 Å². The molecule has 1 aliphatic heterocycles. The number of nitrogens with zero attached hydrogens (tertiary/aromatic N) is 2. The summed E-state index contributed by atoms with van der Waals surface area (Å²) in [4.78, 5) is 27.6. The number of esters is 1. The molecule has 3 rings (SSSR count). The van der Waals surface area contributed by atoms with E-state index in [0.29, 0.717) is 30.0 Å². The maximum absolute atomic E-state index is 13.3. The lowest BCUT2D eigenvalue weighted by molar-refractivity contribution is -0.138. The van der Waals surface area contributed by atoms with Gasteiger partial charge in [0.1, 0.15) is 5.75 Å². The fraction of sp³-hybridized carbons (Fsp3) is 0.385. The molecule has 0 saturated carbocycles. The topological polar surface area (TPSA) is 70.0 Å². The molecule has 0 bridgehead atoms. The zero-order valence-corrected chi connectivity index (χ0v) is 20.4. The third-order valence-electron chi connectivity index (χ3n) is 5.86. The number of aromatic nitrogens is 1. The maximum atomic E-state index is 13.3. The SMILES string of the molecule is CCOC(=O)C1=C(C)N(CCOC)C(=O)/C1=C\c1cc(C)n(-c2cc(C)ccc2OC)c1C. The molecule has 2 aromatic rings. The van der Waals surface area contributed by atoms with Crippen LogP contribution in [0.5, 0.6) is 5.75 Å². The number of rotatable bonds is 8. The maximum Gasteiger partial charge on any atom is 0.340 e. The molecule has 0 radical (unpaired) electrons. The molecule has 1 aromatic carbocycles. The average molecular weight is 453 g/mol. The smallest absolute Gasteiger partial charge is 0.340 e. The lowest BCUT2D eigenvalue weighted by atomic mass is 10.0. The van der Waals surface area contributed by atoms with Crippen LogP contribution in [0.1, 0.15) is 36.4 Å². The van der Waals surface area contributed by atoms with E-state index in [9.17, 15) is 9.59 Å². The molecule has 1 aromatic heterocycles. The first-order valence-corrected chi connectivity index (χ1v) is 11.0. The van der Waals surface area contributed by atoms with Gasteiger partial charge < -0.3 is 23.7 Å². The first kappa shape index (κ1) is 24.3. The summed E-state index contributed by atoms with van der Waals surface area (Å²) in [7, 11) is 3.23. The Labute approximate surface area is 195 Å². The van der Waals surface area contributed by atoms with E-state index in [1.807, 2.05) is 39.0 Å². The molecule has 7 nitrogen and oxygen atoms in total. The fourth-order valence-electron chi connectivity index (χ4n) is 4.22. The van der Waals surface area contributed by atoms with Crippen LogP contribution in [0.3, 0.4) is 0 Å². The molecule has 1 amide bonds. The minimum atomic E-state index is -0.497. The van der Waals surface area contributed by atoms with Crippen LogP contribution in [0.25, 0.3) is 11.8 Å². The lowest BCUT2D eigenvalue weighted by Crippen LogP contribution is -2.28. The quantitative estimate of drug-likeness (QED) is 0.445. The van der Waals surface area contributed by atoms with E-state index in [4.69, 9.17) is 14.2 Å². The van der Waals surface area contributed by atoms with Crippen LogP contribution >= 0.6 is 0 Å². The van der Waals surface area contributed by atoms with E-state index >= 15 is 0 Å². The third kappa shape index (κ3) is 4.59. The molecule has 1 aliphatic rings. The predicted molar refractivity (Wildman–Crippen MR) is 127 cm³/mol. The van der Waals surface area contributed by atoms with Crippen molar-refractivity contribution in [3.63, 3.8) is 0 Å². The van der Waals surface area contributed by atoms with Crippen molar-refractivity contribution in [3.05, 3.63) is 63.6 Å². The number of hydrogen-bond donors (Lipinski definition) is 0. The lowest BCUT2D eigenvalue weighted by Gasteiger charge is -2.16. The van der Waals surface area contributed by atoms with Crippen molar-refractivity contribution in [2.45, 2.75) is 34.6 Å². The van der Waals surface area contributed by atoms with Crippen molar-refractivity contribution in [2.24, 2.45) is 0 Å². The van der Waals surface area contributed by atoms with Crippen molar-refractivity contribution >= 4 is 18.0 Å². The molecule has 0 aliphatic carbocycles. The van der Waals surface area contributed by atoms with Crippen molar-refractivity contribution in [3.8, 4) is 11.4 Å². The zero-order chi connectivity index (χ0) is 24.3. The Bertz CT molecular complexity index is 1140. The summed E-state index contributed by atoms with van der Waals surface area (Å²) in [6, 6.07) is 8.02. The number of aryl methyl sites for hydroxylation is 2. The van der Waals surface area contributed by atoms with Gasteiger partial charge in [-0.1, -0.05) is 6.07 Å². The summed E-state index contributed by atoms with van der Waals surface area (Å²) < 4.78 is 18.1. The molecule has 176 valence electrons. The predicted octanol–water partition coefficient (Wildman–Crippen LogP) is 4.12. The van der Waals surface area contributed by atoms with Crippen molar-refractivity contribution < 1.29 is 23.8 Å². The molecule has 33 heavy (non-hydrogen) atoms. The number of methoxy groups -OCH3 is 2. The number of ether oxygens (including phenoxy) is 3. The number of allylic oxidation sites excluding steroid dienone is 1. The number of hydrogen-bond acceptors (Lipinski definition) is 5. The van der Waals surface area contributed by atoms with E-state index in [2.05, 4.69) is 10.6 Å². The Balaban J connectivity index is 2.14. The summed E-state index contributed by atoms with van der Waals surface area (Å²) in [6.45, 7) is 10.5. The molecule has 0 fully saturated rings. The van der Waals surface area contributed by atoms with Crippen LogP contribution < -0.4 is 4.74 Å². The van der Waals surface area contributed by atoms with Crippen LogP contribution in [-0.2, 0) is 19.1 Å². The monoisotopic (exact) mass is 452 g/mol. The normalized spacial score (nSPS) is 15.1. The molecule has 0 unspecified atom stereocenters. The minimum absolute atomic E-state index is 0.231. The second-order valence-electron chi connectivity index (χ2n) is 8.03. The van der Waals surface area contributed by atoms with Crippen LogP contribution in [0.4, 0.5) is 0 Å². The molecule has 0 atom stereocenters. The van der Waals surface area contributed by atoms with Gasteiger partial charge in [-0.2, -0.15) is 0 Å². The molecular formula is C26H32N2O5.